The zero-order valence-electron chi connectivity index (χ0n) is 16.1. The highest BCUT2D eigenvalue weighted by Gasteiger charge is 2.17. The first-order valence-corrected chi connectivity index (χ1v) is 10.3. The Labute approximate surface area is 177 Å². The zero-order chi connectivity index (χ0) is 21.0. The number of nitriles is 1. The van der Waals surface area contributed by atoms with Crippen LogP contribution in [-0.4, -0.2) is 39.7 Å². The van der Waals surface area contributed by atoms with Crippen molar-refractivity contribution in [2.24, 2.45) is 0 Å². The Kier molecular flexibility index (Phi) is 6.57. The van der Waals surface area contributed by atoms with E-state index in [4.69, 9.17) is 16.9 Å². The van der Waals surface area contributed by atoms with Gasteiger partial charge in [0.25, 0.3) is 5.56 Å². The van der Waals surface area contributed by atoms with E-state index in [2.05, 4.69) is 4.98 Å². The first-order valence-electron chi connectivity index (χ1n) is 8.94. The van der Waals surface area contributed by atoms with E-state index in [1.54, 1.807) is 29.8 Å². The van der Waals surface area contributed by atoms with Crippen LogP contribution in [0.15, 0.2) is 52.4 Å². The minimum atomic E-state index is -0.214. The zero-order valence-corrected chi connectivity index (χ0v) is 17.6. The van der Waals surface area contributed by atoms with Crippen molar-refractivity contribution >= 4 is 40.2 Å². The van der Waals surface area contributed by atoms with Crippen LogP contribution in [0.1, 0.15) is 12.0 Å². The minimum absolute atomic E-state index is 0.103. The quantitative estimate of drug-likeness (QED) is 0.442. The normalized spacial score (nSPS) is 10.7. The molecule has 8 heteroatoms. The van der Waals surface area contributed by atoms with Gasteiger partial charge in [0.2, 0.25) is 5.91 Å². The molecule has 2 aromatic carbocycles. The SMILES string of the molecule is Cc1ccccc1-n1c(SCC(=O)N(C)CCC#N)nc2cc(Cl)ccc2c1=O. The summed E-state index contributed by atoms with van der Waals surface area (Å²) in [6.45, 7) is 2.28. The van der Waals surface area contributed by atoms with Crippen molar-refractivity contribution in [3.8, 4) is 11.8 Å². The summed E-state index contributed by atoms with van der Waals surface area (Å²) in [5.41, 5.74) is 1.91. The highest BCUT2D eigenvalue weighted by Crippen LogP contribution is 2.24. The predicted octanol–water partition coefficient (Wildman–Crippen LogP) is 3.81. The van der Waals surface area contributed by atoms with Crippen molar-refractivity contribution in [3.05, 3.63) is 63.4 Å². The van der Waals surface area contributed by atoms with Crippen LogP contribution in [0.25, 0.3) is 16.6 Å². The fraction of sp³-hybridized carbons (Fsp3) is 0.238. The van der Waals surface area contributed by atoms with Crippen LogP contribution < -0.4 is 5.56 Å². The molecule has 6 nitrogen and oxygen atoms in total. The maximum Gasteiger partial charge on any atom is 0.266 e. The summed E-state index contributed by atoms with van der Waals surface area (Å²) >= 11 is 7.27. The molecule has 1 heterocycles. The number of aryl methyl sites for hydroxylation is 1. The topological polar surface area (TPSA) is 79.0 Å². The molecule has 0 spiro atoms. The van der Waals surface area contributed by atoms with E-state index >= 15 is 0 Å². The smallest absolute Gasteiger partial charge is 0.266 e. The third-order valence-corrected chi connectivity index (χ3v) is 5.62. The van der Waals surface area contributed by atoms with E-state index < -0.39 is 0 Å². The number of amides is 1. The van der Waals surface area contributed by atoms with Crippen LogP contribution >= 0.6 is 23.4 Å². The van der Waals surface area contributed by atoms with E-state index in [1.165, 1.54) is 16.7 Å². The maximum atomic E-state index is 13.3. The van der Waals surface area contributed by atoms with Gasteiger partial charge >= 0.3 is 0 Å². The van der Waals surface area contributed by atoms with Crippen molar-refractivity contribution in [3.63, 3.8) is 0 Å². The fourth-order valence-electron chi connectivity index (χ4n) is 2.84. The molecule has 3 rings (SSSR count). The molecule has 29 heavy (non-hydrogen) atoms. The molecule has 0 saturated carbocycles. The first kappa shape index (κ1) is 20.9. The molecule has 1 aromatic heterocycles. The Morgan fingerprint density at radius 2 is 2.07 bits per heavy atom. The average Bonchev–Trinajstić information content (AvgIpc) is 2.70. The van der Waals surface area contributed by atoms with E-state index in [-0.39, 0.29) is 23.6 Å². The molecule has 3 aromatic rings. The van der Waals surface area contributed by atoms with E-state index in [0.717, 1.165) is 11.3 Å². The van der Waals surface area contributed by atoms with Gasteiger partial charge in [-0.05, 0) is 36.8 Å². The number of halogens is 1. The number of carbonyl (C=O) groups is 1. The first-order chi connectivity index (χ1) is 13.9. The molecule has 0 aliphatic carbocycles. The number of carbonyl (C=O) groups excluding carboxylic acids is 1. The van der Waals surface area contributed by atoms with E-state index in [0.29, 0.717) is 27.6 Å². The Morgan fingerprint density at radius 3 is 2.79 bits per heavy atom. The van der Waals surface area contributed by atoms with E-state index in [9.17, 15) is 9.59 Å². The van der Waals surface area contributed by atoms with Crippen LogP contribution in [0.2, 0.25) is 5.02 Å². The molecule has 0 fully saturated rings. The second-order valence-electron chi connectivity index (χ2n) is 6.49. The van der Waals surface area contributed by atoms with Crippen LogP contribution in [0.5, 0.6) is 0 Å². The van der Waals surface area contributed by atoms with Crippen molar-refractivity contribution in [2.75, 3.05) is 19.3 Å². The molecule has 0 saturated heterocycles. The largest absolute Gasteiger partial charge is 0.344 e. The fourth-order valence-corrected chi connectivity index (χ4v) is 3.95. The van der Waals surface area contributed by atoms with Gasteiger partial charge in [-0.1, -0.05) is 41.6 Å². The molecule has 0 atom stereocenters. The molecule has 148 valence electrons. The number of fused-ring (bicyclic) bond motifs is 1. The Morgan fingerprint density at radius 1 is 1.31 bits per heavy atom. The molecule has 0 aliphatic heterocycles. The maximum absolute atomic E-state index is 13.3. The molecule has 0 radical (unpaired) electrons. The second kappa shape index (κ2) is 9.12. The summed E-state index contributed by atoms with van der Waals surface area (Å²) in [5, 5.41) is 10.1. The Hall–Kier alpha value is -2.82. The summed E-state index contributed by atoms with van der Waals surface area (Å²) < 4.78 is 1.54. The number of benzene rings is 2. The van der Waals surface area contributed by atoms with Gasteiger partial charge < -0.3 is 4.90 Å². The van der Waals surface area contributed by atoms with Gasteiger partial charge in [0, 0.05) is 18.6 Å². The van der Waals surface area contributed by atoms with Crippen LogP contribution in [0.3, 0.4) is 0 Å². The number of thioether (sulfide) groups is 1. The van der Waals surface area contributed by atoms with Crippen LogP contribution in [-0.2, 0) is 4.79 Å². The molecule has 0 N–H and O–H groups in total. The number of hydrogen-bond acceptors (Lipinski definition) is 5. The second-order valence-corrected chi connectivity index (χ2v) is 7.87. The lowest BCUT2D eigenvalue weighted by atomic mass is 10.2. The number of para-hydroxylation sites is 1. The molecule has 0 bridgehead atoms. The van der Waals surface area contributed by atoms with Crippen LogP contribution in [0.4, 0.5) is 0 Å². The standard InChI is InChI=1S/C21H19ClN4O2S/c1-14-6-3-4-7-18(14)26-20(28)16-9-8-15(22)12-17(16)24-21(26)29-13-19(27)25(2)11-5-10-23/h3-4,6-9,12H,5,11,13H2,1-2H3. The predicted molar refractivity (Wildman–Crippen MR) is 116 cm³/mol. The van der Waals surface area contributed by atoms with E-state index in [1.807, 2.05) is 37.3 Å². The lowest BCUT2D eigenvalue weighted by molar-refractivity contribution is -0.127. The lowest BCUT2D eigenvalue weighted by Crippen LogP contribution is -2.29. The monoisotopic (exact) mass is 426 g/mol. The summed E-state index contributed by atoms with van der Waals surface area (Å²) in [7, 11) is 1.66. The minimum Gasteiger partial charge on any atom is -0.344 e. The number of aromatic nitrogens is 2. The third kappa shape index (κ3) is 4.61. The molecule has 0 unspecified atom stereocenters. The van der Waals surface area contributed by atoms with Crippen LogP contribution in [0, 0.1) is 18.3 Å². The summed E-state index contributed by atoms with van der Waals surface area (Å²) in [5.74, 6) is -0.0335. The number of nitrogens with zero attached hydrogens (tertiary/aromatic N) is 4. The Balaban J connectivity index is 2.06. The number of rotatable bonds is 6. The molecule has 0 aliphatic rings. The third-order valence-electron chi connectivity index (χ3n) is 4.47. The van der Waals surface area contributed by atoms with Gasteiger partial charge in [-0.3, -0.25) is 14.2 Å². The highest BCUT2D eigenvalue weighted by atomic mass is 35.5. The Bertz CT molecular complexity index is 1170. The van der Waals surface area contributed by atoms with Crippen molar-refractivity contribution in [1.29, 1.82) is 5.26 Å². The summed E-state index contributed by atoms with van der Waals surface area (Å²) in [6, 6.07) is 14.5. The van der Waals surface area contributed by atoms with Gasteiger partial charge in [-0.2, -0.15) is 5.26 Å². The van der Waals surface area contributed by atoms with Crippen molar-refractivity contribution < 1.29 is 4.79 Å². The summed E-state index contributed by atoms with van der Waals surface area (Å²) in [4.78, 5) is 31.8. The molecule has 1 amide bonds. The van der Waals surface area contributed by atoms with Gasteiger partial charge in [0.1, 0.15) is 0 Å². The van der Waals surface area contributed by atoms with Gasteiger partial charge in [0.05, 0.1) is 34.8 Å². The van der Waals surface area contributed by atoms with Gasteiger partial charge in [-0.25, -0.2) is 4.98 Å². The molecular weight excluding hydrogens is 408 g/mol. The van der Waals surface area contributed by atoms with Crippen molar-refractivity contribution in [1.82, 2.24) is 14.5 Å². The van der Waals surface area contributed by atoms with Crippen molar-refractivity contribution in [2.45, 2.75) is 18.5 Å². The highest BCUT2D eigenvalue weighted by molar-refractivity contribution is 7.99. The van der Waals surface area contributed by atoms with Gasteiger partial charge in [-0.15, -0.1) is 0 Å². The molecular formula is C21H19ClN4O2S. The lowest BCUT2D eigenvalue weighted by Gasteiger charge is -2.17. The number of hydrogen-bond donors (Lipinski definition) is 0. The van der Waals surface area contributed by atoms with Gasteiger partial charge in [0.15, 0.2) is 5.16 Å². The average molecular weight is 427 g/mol. The summed E-state index contributed by atoms with van der Waals surface area (Å²) in [6.07, 6.45) is 0.271.